The van der Waals surface area contributed by atoms with E-state index >= 15 is 0 Å². The van der Waals surface area contributed by atoms with Crippen LogP contribution < -0.4 is 5.73 Å². The summed E-state index contributed by atoms with van der Waals surface area (Å²) in [6.45, 7) is 0.975. The molecule has 2 N–H and O–H groups in total. The molecule has 10 heavy (non-hydrogen) atoms. The standard InChI is InChI=1S/C9H15N/c10-4-7-8-5-1-2-6(3-5)9(7)8/h5-9H,1-4,10H2/t5-,6+,7?,8-,9+. The van der Waals surface area contributed by atoms with E-state index in [4.69, 9.17) is 5.73 Å². The van der Waals surface area contributed by atoms with E-state index in [9.17, 15) is 0 Å². The molecule has 3 aliphatic carbocycles. The van der Waals surface area contributed by atoms with Crippen molar-refractivity contribution in [2.75, 3.05) is 6.54 Å². The van der Waals surface area contributed by atoms with Gasteiger partial charge < -0.3 is 5.73 Å². The number of rotatable bonds is 1. The van der Waals surface area contributed by atoms with Gasteiger partial charge in [-0.25, -0.2) is 0 Å². The van der Waals surface area contributed by atoms with Crippen molar-refractivity contribution < 1.29 is 0 Å². The molecule has 0 heterocycles. The van der Waals surface area contributed by atoms with Gasteiger partial charge in [0.25, 0.3) is 0 Å². The van der Waals surface area contributed by atoms with E-state index in [0.29, 0.717) is 0 Å². The molecule has 3 fully saturated rings. The van der Waals surface area contributed by atoms with Gasteiger partial charge in [-0.3, -0.25) is 0 Å². The van der Waals surface area contributed by atoms with Gasteiger partial charge in [-0.2, -0.15) is 0 Å². The van der Waals surface area contributed by atoms with Crippen molar-refractivity contribution >= 4 is 0 Å². The molecule has 1 nitrogen and oxygen atoms in total. The van der Waals surface area contributed by atoms with Gasteiger partial charge in [0.15, 0.2) is 0 Å². The summed E-state index contributed by atoms with van der Waals surface area (Å²) in [6, 6.07) is 0. The first-order chi connectivity index (χ1) is 4.92. The zero-order chi connectivity index (χ0) is 6.72. The van der Waals surface area contributed by atoms with E-state index in [0.717, 1.165) is 36.1 Å². The molecule has 3 aliphatic rings. The number of hydrogen-bond donors (Lipinski definition) is 1. The molecule has 56 valence electrons. The summed E-state index contributed by atoms with van der Waals surface area (Å²) in [5.74, 6) is 5.39. The van der Waals surface area contributed by atoms with Gasteiger partial charge in [-0.1, -0.05) is 0 Å². The molecule has 0 saturated heterocycles. The molecule has 0 radical (unpaired) electrons. The van der Waals surface area contributed by atoms with Gasteiger partial charge >= 0.3 is 0 Å². The van der Waals surface area contributed by atoms with E-state index in [1.807, 2.05) is 0 Å². The Morgan fingerprint density at radius 1 is 1.10 bits per heavy atom. The van der Waals surface area contributed by atoms with Crippen LogP contribution >= 0.6 is 0 Å². The van der Waals surface area contributed by atoms with Crippen LogP contribution in [0.5, 0.6) is 0 Å². The van der Waals surface area contributed by atoms with Crippen LogP contribution in [0.3, 0.4) is 0 Å². The smallest absolute Gasteiger partial charge is 0.00431 e. The second-order valence-corrected chi connectivity index (χ2v) is 4.39. The molecule has 1 unspecified atom stereocenters. The van der Waals surface area contributed by atoms with Crippen molar-refractivity contribution in [3.05, 3.63) is 0 Å². The Morgan fingerprint density at radius 2 is 1.70 bits per heavy atom. The molecular weight excluding hydrogens is 122 g/mol. The molecule has 0 aliphatic heterocycles. The first kappa shape index (κ1) is 5.59. The zero-order valence-electron chi connectivity index (χ0n) is 6.29. The van der Waals surface area contributed by atoms with Crippen LogP contribution in [0.2, 0.25) is 0 Å². The predicted molar refractivity (Wildman–Crippen MR) is 40.4 cm³/mol. The lowest BCUT2D eigenvalue weighted by Crippen LogP contribution is -2.08. The lowest BCUT2D eigenvalue weighted by Gasteiger charge is -2.04. The summed E-state index contributed by atoms with van der Waals surface area (Å²) in [5.41, 5.74) is 5.68. The van der Waals surface area contributed by atoms with Crippen LogP contribution in [0, 0.1) is 29.6 Å². The van der Waals surface area contributed by atoms with Crippen molar-refractivity contribution in [3.63, 3.8) is 0 Å². The summed E-state index contributed by atoms with van der Waals surface area (Å²) in [4.78, 5) is 0. The van der Waals surface area contributed by atoms with E-state index in [1.54, 1.807) is 6.42 Å². The summed E-state index contributed by atoms with van der Waals surface area (Å²) in [6.07, 6.45) is 4.62. The topological polar surface area (TPSA) is 26.0 Å². The van der Waals surface area contributed by atoms with E-state index in [1.165, 1.54) is 12.8 Å². The fraction of sp³-hybridized carbons (Fsp3) is 1.00. The van der Waals surface area contributed by atoms with Crippen molar-refractivity contribution in [1.82, 2.24) is 0 Å². The maximum atomic E-state index is 5.68. The summed E-state index contributed by atoms with van der Waals surface area (Å²) in [5, 5.41) is 0. The molecule has 2 bridgehead atoms. The highest BCUT2D eigenvalue weighted by Gasteiger charge is 2.63. The lowest BCUT2D eigenvalue weighted by atomic mass is 10.0. The molecular formula is C9H15N. The fourth-order valence-corrected chi connectivity index (χ4v) is 3.82. The molecule has 3 saturated carbocycles. The Hall–Kier alpha value is -0.0400. The monoisotopic (exact) mass is 137 g/mol. The summed E-state index contributed by atoms with van der Waals surface area (Å²) < 4.78 is 0. The normalized spacial score (nSPS) is 62.7. The van der Waals surface area contributed by atoms with Gasteiger partial charge in [0.1, 0.15) is 0 Å². The Balaban J connectivity index is 1.84. The molecule has 0 aromatic carbocycles. The maximum Gasteiger partial charge on any atom is -0.00431 e. The highest BCUT2D eigenvalue weighted by molar-refractivity contribution is 5.12. The van der Waals surface area contributed by atoms with Crippen LogP contribution in [0.4, 0.5) is 0 Å². The minimum absolute atomic E-state index is 0.964. The first-order valence-electron chi connectivity index (χ1n) is 4.62. The summed E-state index contributed by atoms with van der Waals surface area (Å²) >= 11 is 0. The molecule has 5 atom stereocenters. The average Bonchev–Trinajstić information content (AvgIpc) is 2.36. The van der Waals surface area contributed by atoms with E-state index in [2.05, 4.69) is 0 Å². The van der Waals surface area contributed by atoms with Crippen LogP contribution in [0.25, 0.3) is 0 Å². The Labute approximate surface area is 62.0 Å². The molecule has 1 heteroatoms. The molecule has 0 aromatic rings. The van der Waals surface area contributed by atoms with Crippen LogP contribution in [0.1, 0.15) is 19.3 Å². The maximum absolute atomic E-state index is 5.68. The Morgan fingerprint density at radius 3 is 2.20 bits per heavy atom. The number of nitrogens with two attached hydrogens (primary N) is 1. The van der Waals surface area contributed by atoms with Crippen molar-refractivity contribution in [1.29, 1.82) is 0 Å². The minimum atomic E-state index is 0.964. The van der Waals surface area contributed by atoms with Crippen LogP contribution in [0.15, 0.2) is 0 Å². The van der Waals surface area contributed by atoms with Crippen LogP contribution in [-0.4, -0.2) is 6.54 Å². The number of fused-ring (bicyclic) bond motifs is 5. The Bertz CT molecular complexity index is 150. The third kappa shape index (κ3) is 0.460. The third-order valence-electron chi connectivity index (χ3n) is 4.17. The van der Waals surface area contributed by atoms with Crippen LogP contribution in [-0.2, 0) is 0 Å². The second kappa shape index (κ2) is 1.58. The van der Waals surface area contributed by atoms with E-state index < -0.39 is 0 Å². The average molecular weight is 137 g/mol. The van der Waals surface area contributed by atoms with Gasteiger partial charge in [0, 0.05) is 0 Å². The van der Waals surface area contributed by atoms with Crippen molar-refractivity contribution in [2.24, 2.45) is 35.3 Å². The highest BCUT2D eigenvalue weighted by atomic mass is 14.7. The van der Waals surface area contributed by atoms with Gasteiger partial charge in [0.2, 0.25) is 0 Å². The predicted octanol–water partition coefficient (Wildman–Crippen LogP) is 1.24. The second-order valence-electron chi connectivity index (χ2n) is 4.39. The largest absolute Gasteiger partial charge is 0.330 e. The SMILES string of the molecule is NCC1[C@@H]2[C@H]3CC[C@H](C3)[C@H]12. The first-order valence-corrected chi connectivity index (χ1v) is 4.62. The summed E-state index contributed by atoms with van der Waals surface area (Å²) in [7, 11) is 0. The van der Waals surface area contributed by atoms with Gasteiger partial charge in [0.05, 0.1) is 0 Å². The highest BCUT2D eigenvalue weighted by Crippen LogP contribution is 2.68. The zero-order valence-corrected chi connectivity index (χ0v) is 6.29. The lowest BCUT2D eigenvalue weighted by molar-refractivity contribution is 0.456. The fourth-order valence-electron chi connectivity index (χ4n) is 3.82. The van der Waals surface area contributed by atoms with Crippen molar-refractivity contribution in [3.8, 4) is 0 Å². The molecule has 0 spiro atoms. The third-order valence-corrected chi connectivity index (χ3v) is 4.17. The molecule has 0 aromatic heterocycles. The quantitative estimate of drug-likeness (QED) is 0.578. The van der Waals surface area contributed by atoms with Crippen molar-refractivity contribution in [2.45, 2.75) is 19.3 Å². The Kier molecular flexibility index (Phi) is 0.883. The molecule has 3 rings (SSSR count). The van der Waals surface area contributed by atoms with Gasteiger partial charge in [-0.05, 0) is 55.4 Å². The minimum Gasteiger partial charge on any atom is -0.330 e. The van der Waals surface area contributed by atoms with E-state index in [-0.39, 0.29) is 0 Å². The van der Waals surface area contributed by atoms with Gasteiger partial charge in [-0.15, -0.1) is 0 Å². The number of hydrogen-bond acceptors (Lipinski definition) is 1. The molecule has 0 amide bonds.